The van der Waals surface area contributed by atoms with Gasteiger partial charge in [0.25, 0.3) is 5.91 Å². The molecule has 1 fully saturated rings. The summed E-state index contributed by atoms with van der Waals surface area (Å²) in [6, 6.07) is 4.46. The van der Waals surface area contributed by atoms with Crippen LogP contribution in [-0.4, -0.2) is 43.4 Å². The molecule has 0 radical (unpaired) electrons. The smallest absolute Gasteiger partial charge is 0.267 e. The van der Waals surface area contributed by atoms with Gasteiger partial charge >= 0.3 is 0 Å². The summed E-state index contributed by atoms with van der Waals surface area (Å²) in [6.45, 7) is 1.46. The topological polar surface area (TPSA) is 80.4 Å². The van der Waals surface area contributed by atoms with Gasteiger partial charge in [0.1, 0.15) is 11.3 Å². The second-order valence-electron chi connectivity index (χ2n) is 4.30. The van der Waals surface area contributed by atoms with Crippen molar-refractivity contribution in [1.29, 1.82) is 0 Å². The van der Waals surface area contributed by atoms with Crippen LogP contribution in [0.3, 0.4) is 0 Å². The van der Waals surface area contributed by atoms with E-state index >= 15 is 0 Å². The largest absolute Gasteiger partial charge is 0.378 e. The van der Waals surface area contributed by atoms with Crippen molar-refractivity contribution in [2.75, 3.05) is 26.9 Å². The van der Waals surface area contributed by atoms with Crippen LogP contribution < -0.4 is 10.9 Å². The van der Waals surface area contributed by atoms with Gasteiger partial charge in [-0.2, -0.15) is 0 Å². The highest BCUT2D eigenvalue weighted by Crippen LogP contribution is 2.21. The van der Waals surface area contributed by atoms with Gasteiger partial charge in [-0.05, 0) is 6.07 Å². The van der Waals surface area contributed by atoms with E-state index in [2.05, 4.69) is 10.3 Å². The van der Waals surface area contributed by atoms with E-state index in [4.69, 9.17) is 9.47 Å². The van der Waals surface area contributed by atoms with Gasteiger partial charge in [0.05, 0.1) is 6.61 Å². The molecule has 6 nitrogen and oxygen atoms in total. The fourth-order valence-electron chi connectivity index (χ4n) is 1.88. The molecule has 0 aromatic carbocycles. The summed E-state index contributed by atoms with van der Waals surface area (Å²) in [7, 11) is 1.60. The standard InChI is InChI=1S/C12H16N2O4/c1-17-12(5-6-18-8-12)7-13-11(16)9-3-2-4-10(15)14-9/h2-4H,5-8H2,1H3,(H,13,16)(H,14,15). The third-order valence-corrected chi connectivity index (χ3v) is 3.08. The second kappa shape index (κ2) is 5.32. The average Bonchev–Trinajstić information content (AvgIpc) is 2.85. The van der Waals surface area contributed by atoms with Crippen molar-refractivity contribution in [2.24, 2.45) is 0 Å². The lowest BCUT2D eigenvalue weighted by Crippen LogP contribution is -2.45. The molecule has 0 saturated carbocycles. The molecule has 0 bridgehead atoms. The first-order chi connectivity index (χ1) is 8.65. The number of hydrogen-bond acceptors (Lipinski definition) is 4. The number of nitrogens with one attached hydrogen (secondary N) is 2. The van der Waals surface area contributed by atoms with Gasteiger partial charge in [-0.3, -0.25) is 9.59 Å². The van der Waals surface area contributed by atoms with E-state index in [1.54, 1.807) is 19.2 Å². The first-order valence-electron chi connectivity index (χ1n) is 5.76. The Hall–Kier alpha value is -1.66. The number of amides is 1. The maximum Gasteiger partial charge on any atom is 0.267 e. The number of aromatic amines is 1. The molecule has 6 heteroatoms. The van der Waals surface area contributed by atoms with Gasteiger partial charge < -0.3 is 19.8 Å². The summed E-state index contributed by atoms with van der Waals surface area (Å²) in [5.74, 6) is -0.323. The van der Waals surface area contributed by atoms with Crippen LogP contribution in [0.4, 0.5) is 0 Å². The number of carbonyl (C=O) groups is 1. The van der Waals surface area contributed by atoms with E-state index in [-0.39, 0.29) is 17.2 Å². The molecule has 1 atom stereocenters. The van der Waals surface area contributed by atoms with Crippen molar-refractivity contribution < 1.29 is 14.3 Å². The summed E-state index contributed by atoms with van der Waals surface area (Å²) in [5, 5.41) is 2.75. The van der Waals surface area contributed by atoms with E-state index < -0.39 is 5.60 Å². The minimum absolute atomic E-state index is 0.243. The molecule has 1 amide bonds. The van der Waals surface area contributed by atoms with Crippen LogP contribution in [0.25, 0.3) is 0 Å². The molecule has 2 rings (SSSR count). The average molecular weight is 252 g/mol. The van der Waals surface area contributed by atoms with Crippen LogP contribution >= 0.6 is 0 Å². The normalized spacial score (nSPS) is 22.9. The van der Waals surface area contributed by atoms with E-state index in [1.165, 1.54) is 6.07 Å². The fourth-order valence-corrected chi connectivity index (χ4v) is 1.88. The van der Waals surface area contributed by atoms with Crippen LogP contribution in [0.15, 0.2) is 23.0 Å². The van der Waals surface area contributed by atoms with Gasteiger partial charge in [-0.1, -0.05) is 6.07 Å². The minimum Gasteiger partial charge on any atom is -0.378 e. The number of methoxy groups -OCH3 is 1. The molecule has 1 aliphatic heterocycles. The predicted molar refractivity (Wildman–Crippen MR) is 64.6 cm³/mol. The van der Waals surface area contributed by atoms with Crippen molar-refractivity contribution in [3.8, 4) is 0 Å². The molecule has 18 heavy (non-hydrogen) atoms. The maximum absolute atomic E-state index is 11.8. The Labute approximate surface area is 104 Å². The lowest BCUT2D eigenvalue weighted by molar-refractivity contribution is -0.0149. The van der Waals surface area contributed by atoms with E-state index in [0.717, 1.165) is 6.42 Å². The van der Waals surface area contributed by atoms with E-state index in [0.29, 0.717) is 19.8 Å². The summed E-state index contributed by atoms with van der Waals surface area (Å²) < 4.78 is 10.7. The molecule has 1 aromatic rings. The Morgan fingerprint density at radius 3 is 3.06 bits per heavy atom. The zero-order chi connectivity index (χ0) is 13.0. The van der Waals surface area contributed by atoms with Crippen molar-refractivity contribution in [2.45, 2.75) is 12.0 Å². The van der Waals surface area contributed by atoms with Crippen molar-refractivity contribution in [1.82, 2.24) is 10.3 Å². The molecule has 1 aliphatic rings. The van der Waals surface area contributed by atoms with Gasteiger partial charge in [0.15, 0.2) is 0 Å². The molecule has 1 unspecified atom stereocenters. The number of ether oxygens (including phenoxy) is 2. The van der Waals surface area contributed by atoms with E-state index in [9.17, 15) is 9.59 Å². The Morgan fingerprint density at radius 2 is 2.44 bits per heavy atom. The summed E-state index contributed by atoms with van der Waals surface area (Å²) in [4.78, 5) is 25.4. The zero-order valence-corrected chi connectivity index (χ0v) is 10.2. The highest BCUT2D eigenvalue weighted by Gasteiger charge is 2.35. The predicted octanol–water partition coefficient (Wildman–Crippen LogP) is -0.0898. The Morgan fingerprint density at radius 1 is 1.61 bits per heavy atom. The fraction of sp³-hybridized carbons (Fsp3) is 0.500. The number of aromatic nitrogens is 1. The highest BCUT2D eigenvalue weighted by atomic mass is 16.5. The monoisotopic (exact) mass is 252 g/mol. The molecule has 0 spiro atoms. The molecular formula is C12H16N2O4. The van der Waals surface area contributed by atoms with Crippen molar-refractivity contribution >= 4 is 5.91 Å². The third kappa shape index (κ3) is 2.77. The molecule has 0 aliphatic carbocycles. The Kier molecular flexibility index (Phi) is 3.78. The van der Waals surface area contributed by atoms with Gasteiger partial charge in [-0.25, -0.2) is 0 Å². The number of rotatable bonds is 4. The summed E-state index contributed by atoms with van der Waals surface area (Å²) >= 11 is 0. The number of hydrogen-bond donors (Lipinski definition) is 2. The highest BCUT2D eigenvalue weighted by molar-refractivity contribution is 5.92. The molecular weight excluding hydrogens is 236 g/mol. The van der Waals surface area contributed by atoms with Crippen LogP contribution in [0.1, 0.15) is 16.9 Å². The van der Waals surface area contributed by atoms with Gasteiger partial charge in [-0.15, -0.1) is 0 Å². The Balaban J connectivity index is 1.98. The zero-order valence-electron chi connectivity index (χ0n) is 10.2. The van der Waals surface area contributed by atoms with Crippen LogP contribution in [0.5, 0.6) is 0 Å². The molecule has 98 valence electrons. The number of pyridine rings is 1. The quantitative estimate of drug-likeness (QED) is 0.784. The van der Waals surface area contributed by atoms with Crippen molar-refractivity contribution in [3.63, 3.8) is 0 Å². The first-order valence-corrected chi connectivity index (χ1v) is 5.76. The molecule has 2 heterocycles. The Bertz CT molecular complexity index is 477. The van der Waals surface area contributed by atoms with Gasteiger partial charge in [0.2, 0.25) is 5.56 Å². The van der Waals surface area contributed by atoms with E-state index in [1.807, 2.05) is 0 Å². The second-order valence-corrected chi connectivity index (χ2v) is 4.30. The third-order valence-electron chi connectivity index (χ3n) is 3.08. The number of H-pyrrole nitrogens is 1. The molecule has 2 N–H and O–H groups in total. The lowest BCUT2D eigenvalue weighted by Gasteiger charge is -2.25. The summed E-state index contributed by atoms with van der Waals surface area (Å²) in [5.41, 5.74) is -0.508. The van der Waals surface area contributed by atoms with Crippen LogP contribution in [0, 0.1) is 0 Å². The molecule has 1 saturated heterocycles. The number of carbonyl (C=O) groups excluding carboxylic acids is 1. The van der Waals surface area contributed by atoms with Crippen LogP contribution in [-0.2, 0) is 9.47 Å². The molecule has 1 aromatic heterocycles. The first kappa shape index (κ1) is 12.8. The summed E-state index contributed by atoms with van der Waals surface area (Å²) in [6.07, 6.45) is 0.745. The van der Waals surface area contributed by atoms with Gasteiger partial charge in [0, 0.05) is 32.7 Å². The maximum atomic E-state index is 11.8. The van der Waals surface area contributed by atoms with Crippen LogP contribution in [0.2, 0.25) is 0 Å². The van der Waals surface area contributed by atoms with Crippen molar-refractivity contribution in [3.05, 3.63) is 34.2 Å². The lowest BCUT2D eigenvalue weighted by atomic mass is 10.0. The minimum atomic E-state index is -0.454. The SMILES string of the molecule is COC1(CNC(=O)c2cccc(=O)[nH]2)CCOC1.